The fraction of sp³-hybridized carbons (Fsp3) is 0.625. The molecule has 0 unspecified atom stereocenters. The van der Waals surface area contributed by atoms with Gasteiger partial charge in [-0.15, -0.1) is 0 Å². The van der Waals surface area contributed by atoms with Crippen molar-refractivity contribution in [1.29, 1.82) is 0 Å². The minimum atomic E-state index is -0.204. The summed E-state index contributed by atoms with van der Waals surface area (Å²) < 4.78 is 13.7. The van der Waals surface area contributed by atoms with Crippen molar-refractivity contribution in [1.82, 2.24) is 9.66 Å². The zero-order chi connectivity index (χ0) is 15.9. The fourth-order valence-electron chi connectivity index (χ4n) is 2.92. The number of nitrogens with two attached hydrogens (primary N) is 1. The van der Waals surface area contributed by atoms with Crippen molar-refractivity contribution >= 4 is 23.3 Å². The van der Waals surface area contributed by atoms with Crippen LogP contribution in [0.3, 0.4) is 0 Å². The van der Waals surface area contributed by atoms with E-state index in [0.29, 0.717) is 16.8 Å². The van der Waals surface area contributed by atoms with Gasteiger partial charge in [0, 0.05) is 18.4 Å². The third-order valence-electron chi connectivity index (χ3n) is 4.20. The van der Waals surface area contributed by atoms with Crippen molar-refractivity contribution in [2.75, 3.05) is 5.84 Å². The molecule has 0 saturated carbocycles. The SMILES string of the molecule is CCCCCc1nc2c3c(oc2c(=S)n1N)COC(C)(C)C3. The maximum atomic E-state index is 6.10. The molecule has 1 aliphatic heterocycles. The van der Waals surface area contributed by atoms with Crippen LogP contribution in [0.25, 0.3) is 11.1 Å². The van der Waals surface area contributed by atoms with E-state index < -0.39 is 0 Å². The van der Waals surface area contributed by atoms with Crippen LogP contribution in [0.2, 0.25) is 0 Å². The molecular formula is C16H23N3O2S. The van der Waals surface area contributed by atoms with Crippen LogP contribution in [0.15, 0.2) is 4.42 Å². The van der Waals surface area contributed by atoms with Crippen molar-refractivity contribution in [3.63, 3.8) is 0 Å². The summed E-state index contributed by atoms with van der Waals surface area (Å²) in [4.78, 5) is 4.77. The third-order valence-corrected chi connectivity index (χ3v) is 4.58. The third kappa shape index (κ3) is 2.65. The Labute approximate surface area is 135 Å². The smallest absolute Gasteiger partial charge is 0.189 e. The highest BCUT2D eigenvalue weighted by Gasteiger charge is 2.31. The molecular weight excluding hydrogens is 298 g/mol. The van der Waals surface area contributed by atoms with Crippen molar-refractivity contribution in [3.05, 3.63) is 21.8 Å². The van der Waals surface area contributed by atoms with Gasteiger partial charge in [0.2, 0.25) is 0 Å². The number of nitrogen functional groups attached to an aromatic ring is 1. The number of nitrogens with zero attached hydrogens (tertiary/aromatic N) is 2. The van der Waals surface area contributed by atoms with Crippen LogP contribution in [0.1, 0.15) is 57.2 Å². The van der Waals surface area contributed by atoms with Gasteiger partial charge in [0.05, 0.1) is 5.60 Å². The van der Waals surface area contributed by atoms with Crippen LogP contribution in [0.5, 0.6) is 0 Å². The van der Waals surface area contributed by atoms with Crippen LogP contribution in [-0.4, -0.2) is 15.3 Å². The lowest BCUT2D eigenvalue weighted by Gasteiger charge is -2.28. The quantitative estimate of drug-likeness (QED) is 0.529. The summed E-state index contributed by atoms with van der Waals surface area (Å²) in [7, 11) is 0. The molecule has 0 spiro atoms. The highest BCUT2D eigenvalue weighted by atomic mass is 32.1. The normalized spacial score (nSPS) is 16.9. The number of unbranched alkanes of at least 4 members (excludes halogenated alkanes) is 2. The maximum Gasteiger partial charge on any atom is 0.189 e. The van der Waals surface area contributed by atoms with E-state index in [0.717, 1.165) is 48.3 Å². The molecule has 0 amide bonds. The molecule has 3 rings (SSSR count). The Bertz CT molecular complexity index is 761. The van der Waals surface area contributed by atoms with Crippen LogP contribution < -0.4 is 5.84 Å². The van der Waals surface area contributed by atoms with Crippen LogP contribution in [0.4, 0.5) is 0 Å². The largest absolute Gasteiger partial charge is 0.453 e. The Kier molecular flexibility index (Phi) is 3.99. The first kappa shape index (κ1) is 15.5. The molecule has 1 aliphatic rings. The van der Waals surface area contributed by atoms with Gasteiger partial charge in [-0.3, -0.25) is 0 Å². The fourth-order valence-corrected chi connectivity index (χ4v) is 3.16. The second-order valence-corrected chi connectivity index (χ2v) is 6.95. The minimum absolute atomic E-state index is 0.204. The van der Waals surface area contributed by atoms with Crippen LogP contribution >= 0.6 is 12.2 Å². The Balaban J connectivity index is 2.09. The second kappa shape index (κ2) is 5.66. The molecule has 120 valence electrons. The standard InChI is InChI=1S/C16H23N3O2S/c1-4-5-6-7-12-18-13-10-8-16(2,3)20-9-11(10)21-14(13)15(22)19(12)17/h4-9,17H2,1-3H3. The molecule has 3 heterocycles. The summed E-state index contributed by atoms with van der Waals surface area (Å²) in [5.41, 5.74) is 2.39. The highest BCUT2D eigenvalue weighted by Crippen LogP contribution is 2.34. The predicted octanol–water partition coefficient (Wildman–Crippen LogP) is 3.66. The van der Waals surface area contributed by atoms with Gasteiger partial charge in [-0.25, -0.2) is 9.66 Å². The summed E-state index contributed by atoms with van der Waals surface area (Å²) in [5.74, 6) is 7.77. The summed E-state index contributed by atoms with van der Waals surface area (Å²) >= 11 is 5.47. The van der Waals surface area contributed by atoms with Gasteiger partial charge in [0.15, 0.2) is 10.2 Å². The molecule has 0 bridgehead atoms. The number of aromatic nitrogens is 2. The van der Waals surface area contributed by atoms with Gasteiger partial charge in [0.25, 0.3) is 0 Å². The van der Waals surface area contributed by atoms with E-state index >= 15 is 0 Å². The van der Waals surface area contributed by atoms with Crippen LogP contribution in [-0.2, 0) is 24.2 Å². The molecule has 5 nitrogen and oxygen atoms in total. The molecule has 0 aromatic carbocycles. The Hall–Kier alpha value is -1.40. The van der Waals surface area contributed by atoms with Gasteiger partial charge in [-0.05, 0) is 20.3 Å². The van der Waals surface area contributed by atoms with Gasteiger partial charge < -0.3 is 15.0 Å². The zero-order valence-electron chi connectivity index (χ0n) is 13.4. The average Bonchev–Trinajstić information content (AvgIpc) is 2.81. The molecule has 22 heavy (non-hydrogen) atoms. The number of rotatable bonds is 4. The second-order valence-electron chi connectivity index (χ2n) is 6.57. The van der Waals surface area contributed by atoms with Gasteiger partial charge in [0.1, 0.15) is 23.7 Å². The first-order valence-corrected chi connectivity index (χ1v) is 8.29. The summed E-state index contributed by atoms with van der Waals surface area (Å²) in [6.45, 7) is 6.80. The molecule has 6 heteroatoms. The topological polar surface area (TPSA) is 66.2 Å². The van der Waals surface area contributed by atoms with Gasteiger partial charge in [-0.2, -0.15) is 0 Å². The lowest BCUT2D eigenvalue weighted by molar-refractivity contribution is -0.0476. The van der Waals surface area contributed by atoms with Crippen molar-refractivity contribution in [2.45, 2.75) is 65.1 Å². The monoisotopic (exact) mass is 321 g/mol. The lowest BCUT2D eigenvalue weighted by Crippen LogP contribution is -2.31. The Morgan fingerprint density at radius 3 is 2.86 bits per heavy atom. The average molecular weight is 321 g/mol. The van der Waals surface area contributed by atoms with E-state index in [9.17, 15) is 0 Å². The number of fused-ring (bicyclic) bond motifs is 3. The van der Waals surface area contributed by atoms with E-state index in [1.807, 2.05) is 0 Å². The Morgan fingerprint density at radius 2 is 2.14 bits per heavy atom. The van der Waals surface area contributed by atoms with Crippen molar-refractivity contribution in [2.24, 2.45) is 0 Å². The summed E-state index contributed by atoms with van der Waals surface area (Å²) in [6.07, 6.45) is 5.01. The van der Waals surface area contributed by atoms with E-state index in [1.165, 1.54) is 11.1 Å². The molecule has 0 radical (unpaired) electrons. The van der Waals surface area contributed by atoms with Crippen molar-refractivity contribution < 1.29 is 9.15 Å². The van der Waals surface area contributed by atoms with E-state index in [2.05, 4.69) is 20.8 Å². The molecule has 0 atom stereocenters. The number of furan rings is 1. The minimum Gasteiger partial charge on any atom is -0.453 e. The molecule has 0 fully saturated rings. The molecule has 2 N–H and O–H groups in total. The summed E-state index contributed by atoms with van der Waals surface area (Å²) in [5, 5.41) is 0. The molecule has 0 aliphatic carbocycles. The van der Waals surface area contributed by atoms with E-state index in [1.54, 1.807) is 0 Å². The van der Waals surface area contributed by atoms with Crippen molar-refractivity contribution in [3.8, 4) is 0 Å². The maximum absolute atomic E-state index is 6.10. The van der Waals surface area contributed by atoms with Gasteiger partial charge >= 0.3 is 0 Å². The highest BCUT2D eigenvalue weighted by molar-refractivity contribution is 7.71. The number of ether oxygens (including phenoxy) is 1. The predicted molar refractivity (Wildman–Crippen MR) is 88.8 cm³/mol. The number of aryl methyl sites for hydroxylation is 1. The lowest BCUT2D eigenvalue weighted by atomic mass is 9.95. The number of hydrogen-bond donors (Lipinski definition) is 1. The van der Waals surface area contributed by atoms with Crippen LogP contribution in [0, 0.1) is 4.64 Å². The first-order valence-electron chi connectivity index (χ1n) is 7.88. The van der Waals surface area contributed by atoms with E-state index in [4.69, 9.17) is 32.2 Å². The van der Waals surface area contributed by atoms with Gasteiger partial charge in [-0.1, -0.05) is 32.0 Å². The Morgan fingerprint density at radius 1 is 1.36 bits per heavy atom. The zero-order valence-corrected chi connectivity index (χ0v) is 14.3. The molecule has 0 saturated heterocycles. The number of hydrogen-bond acceptors (Lipinski definition) is 5. The molecule has 2 aromatic rings. The first-order chi connectivity index (χ1) is 10.4. The molecule has 2 aromatic heterocycles. The summed E-state index contributed by atoms with van der Waals surface area (Å²) in [6, 6.07) is 0. The van der Waals surface area contributed by atoms with E-state index in [-0.39, 0.29) is 5.60 Å².